The summed E-state index contributed by atoms with van der Waals surface area (Å²) in [7, 11) is 0. The van der Waals surface area contributed by atoms with Gasteiger partial charge in [-0.05, 0) is 69.5 Å². The number of rotatable bonds is 8. The van der Waals surface area contributed by atoms with E-state index in [1.165, 1.54) is 5.56 Å². The van der Waals surface area contributed by atoms with Crippen LogP contribution in [0.3, 0.4) is 0 Å². The second-order valence-electron chi connectivity index (χ2n) is 10.0. The minimum absolute atomic E-state index is 0.0714. The van der Waals surface area contributed by atoms with Crippen LogP contribution in [0.25, 0.3) is 0 Å². The van der Waals surface area contributed by atoms with Gasteiger partial charge in [0, 0.05) is 17.1 Å². The third-order valence-corrected chi connectivity index (χ3v) is 7.40. The van der Waals surface area contributed by atoms with Crippen molar-refractivity contribution >= 4 is 29.3 Å². The summed E-state index contributed by atoms with van der Waals surface area (Å²) in [4.78, 5) is 18.6. The predicted molar refractivity (Wildman–Crippen MR) is 157 cm³/mol. The Morgan fingerprint density at radius 1 is 1.05 bits per heavy atom. The van der Waals surface area contributed by atoms with Crippen molar-refractivity contribution < 1.29 is 9.53 Å². The predicted octanol–water partition coefficient (Wildman–Crippen LogP) is 6.90. The van der Waals surface area contributed by atoms with Gasteiger partial charge in [0.15, 0.2) is 0 Å². The first-order valence-corrected chi connectivity index (χ1v) is 14.0. The highest BCUT2D eigenvalue weighted by atomic mass is 32.2. The summed E-state index contributed by atoms with van der Waals surface area (Å²) in [5.41, 5.74) is 6.39. The normalized spacial score (nSPS) is 14.7. The van der Waals surface area contributed by atoms with Crippen LogP contribution in [0, 0.1) is 13.8 Å². The number of aryl methyl sites for hydroxylation is 2. The standard InChI is InChI=1S/C31H33N5O2S/c1-19(2)38-25-14-12-24(13-15-25)28-27(29(37)33-26-16-11-20(3)17-21(26)4)22(5)32-30-34-31(35-36(28)30)39-18-23-9-7-6-8-10-23/h6-17,19,28H,18H2,1-5H3,(H,33,37)(H,32,34,35). The first-order chi connectivity index (χ1) is 18.8. The molecule has 0 radical (unpaired) electrons. The Morgan fingerprint density at radius 2 is 1.79 bits per heavy atom. The Labute approximate surface area is 233 Å². The number of carbonyl (C=O) groups excluding carboxylic acids is 1. The lowest BCUT2D eigenvalue weighted by atomic mass is 9.94. The smallest absolute Gasteiger partial charge is 0.255 e. The van der Waals surface area contributed by atoms with Crippen molar-refractivity contribution in [3.63, 3.8) is 0 Å². The minimum atomic E-state index is -0.460. The lowest BCUT2D eigenvalue weighted by Gasteiger charge is -2.29. The second kappa shape index (κ2) is 11.4. The Balaban J connectivity index is 1.50. The van der Waals surface area contributed by atoms with E-state index in [0.717, 1.165) is 39.6 Å². The number of hydrogen-bond acceptors (Lipinski definition) is 6. The van der Waals surface area contributed by atoms with Gasteiger partial charge in [0.25, 0.3) is 5.91 Å². The van der Waals surface area contributed by atoms with Crippen molar-refractivity contribution in [3.8, 4) is 5.75 Å². The molecule has 1 aliphatic heterocycles. The van der Waals surface area contributed by atoms with Crippen LogP contribution in [0.15, 0.2) is 89.2 Å². The SMILES string of the molecule is CC1=C(C(=O)Nc2ccc(C)cc2C)C(c2ccc(OC(C)C)cc2)n2nc(SCc3ccccc3)nc2N1. The molecule has 7 nitrogen and oxygen atoms in total. The van der Waals surface area contributed by atoms with Gasteiger partial charge in [-0.2, -0.15) is 4.98 Å². The van der Waals surface area contributed by atoms with Gasteiger partial charge in [-0.1, -0.05) is 71.9 Å². The zero-order chi connectivity index (χ0) is 27.5. The maximum Gasteiger partial charge on any atom is 0.255 e. The zero-order valence-corrected chi connectivity index (χ0v) is 23.7. The van der Waals surface area contributed by atoms with Gasteiger partial charge < -0.3 is 15.4 Å². The molecule has 2 heterocycles. The number of hydrogen-bond donors (Lipinski definition) is 2. The van der Waals surface area contributed by atoms with E-state index in [4.69, 9.17) is 14.8 Å². The van der Waals surface area contributed by atoms with E-state index >= 15 is 0 Å². The van der Waals surface area contributed by atoms with Gasteiger partial charge in [0.1, 0.15) is 11.8 Å². The number of amides is 1. The molecular formula is C31H33N5O2S. The summed E-state index contributed by atoms with van der Waals surface area (Å²) >= 11 is 1.57. The molecule has 3 aromatic carbocycles. The van der Waals surface area contributed by atoms with Crippen LogP contribution in [0.2, 0.25) is 0 Å². The highest BCUT2D eigenvalue weighted by Crippen LogP contribution is 2.38. The summed E-state index contributed by atoms with van der Waals surface area (Å²) in [6.45, 7) is 9.95. The summed E-state index contributed by atoms with van der Waals surface area (Å²) in [5.74, 6) is 1.96. The van der Waals surface area contributed by atoms with Gasteiger partial charge in [-0.15, -0.1) is 5.10 Å². The van der Waals surface area contributed by atoms with Crippen LogP contribution in [0.4, 0.5) is 11.6 Å². The topological polar surface area (TPSA) is 81.1 Å². The molecule has 0 bridgehead atoms. The Bertz CT molecular complexity index is 1510. The average Bonchev–Trinajstić information content (AvgIpc) is 3.31. The number of carbonyl (C=O) groups is 1. The molecule has 0 saturated carbocycles. The molecule has 1 aromatic heterocycles. The monoisotopic (exact) mass is 539 g/mol. The summed E-state index contributed by atoms with van der Waals surface area (Å²) < 4.78 is 7.67. The fourth-order valence-corrected chi connectivity index (χ4v) is 5.45. The fraction of sp³-hybridized carbons (Fsp3) is 0.258. The molecule has 1 aliphatic rings. The highest BCUT2D eigenvalue weighted by Gasteiger charge is 2.34. The molecule has 200 valence electrons. The summed E-state index contributed by atoms with van der Waals surface area (Å²) in [6, 6.07) is 23.7. The van der Waals surface area contributed by atoms with Crippen LogP contribution >= 0.6 is 11.8 Å². The molecule has 0 spiro atoms. The number of thioether (sulfide) groups is 1. The first kappa shape index (κ1) is 26.6. The number of ether oxygens (including phenoxy) is 1. The van der Waals surface area contributed by atoms with Crippen molar-refractivity contribution in [2.45, 2.75) is 57.7 Å². The minimum Gasteiger partial charge on any atom is -0.491 e. The van der Waals surface area contributed by atoms with Crippen molar-refractivity contribution in [2.75, 3.05) is 10.6 Å². The van der Waals surface area contributed by atoms with E-state index < -0.39 is 6.04 Å². The lowest BCUT2D eigenvalue weighted by molar-refractivity contribution is -0.113. The van der Waals surface area contributed by atoms with Gasteiger partial charge in [0.05, 0.1) is 11.7 Å². The molecule has 0 aliphatic carbocycles. The van der Waals surface area contributed by atoms with Gasteiger partial charge in [-0.3, -0.25) is 4.79 Å². The number of benzene rings is 3. The maximum absolute atomic E-state index is 13.8. The van der Waals surface area contributed by atoms with Crippen LogP contribution in [0.1, 0.15) is 49.1 Å². The van der Waals surface area contributed by atoms with E-state index in [0.29, 0.717) is 16.7 Å². The van der Waals surface area contributed by atoms with Crippen LogP contribution in [0.5, 0.6) is 5.75 Å². The molecule has 0 fully saturated rings. The number of nitrogens with one attached hydrogen (secondary N) is 2. The van der Waals surface area contributed by atoms with Crippen LogP contribution in [-0.2, 0) is 10.5 Å². The Morgan fingerprint density at radius 3 is 2.49 bits per heavy atom. The van der Waals surface area contributed by atoms with E-state index in [1.54, 1.807) is 11.8 Å². The number of nitrogens with zero attached hydrogens (tertiary/aromatic N) is 3. The third-order valence-electron chi connectivity index (χ3n) is 6.49. The molecule has 5 rings (SSSR count). The molecular weight excluding hydrogens is 506 g/mol. The van der Waals surface area contributed by atoms with Crippen LogP contribution in [-0.4, -0.2) is 26.8 Å². The van der Waals surface area contributed by atoms with Gasteiger partial charge in [0.2, 0.25) is 11.1 Å². The zero-order valence-electron chi connectivity index (χ0n) is 22.9. The molecule has 1 unspecified atom stereocenters. The first-order valence-electron chi connectivity index (χ1n) is 13.0. The Hall–Kier alpha value is -4.04. The van der Waals surface area contributed by atoms with E-state index in [2.05, 4.69) is 28.8 Å². The number of aromatic nitrogens is 3. The average molecular weight is 540 g/mol. The molecule has 1 amide bonds. The molecule has 4 aromatic rings. The lowest BCUT2D eigenvalue weighted by Crippen LogP contribution is -2.31. The van der Waals surface area contributed by atoms with Crippen molar-refractivity contribution in [1.82, 2.24) is 14.8 Å². The quantitative estimate of drug-likeness (QED) is 0.237. The van der Waals surface area contributed by atoms with Crippen molar-refractivity contribution in [3.05, 3.63) is 106 Å². The molecule has 1 atom stereocenters. The largest absolute Gasteiger partial charge is 0.491 e. The fourth-order valence-electron chi connectivity index (χ4n) is 4.66. The van der Waals surface area contributed by atoms with Gasteiger partial charge >= 0.3 is 0 Å². The van der Waals surface area contributed by atoms with E-state index in [-0.39, 0.29) is 12.0 Å². The van der Waals surface area contributed by atoms with Crippen molar-refractivity contribution in [1.29, 1.82) is 0 Å². The van der Waals surface area contributed by atoms with E-state index in [9.17, 15) is 4.79 Å². The maximum atomic E-state index is 13.8. The van der Waals surface area contributed by atoms with Gasteiger partial charge in [-0.25, -0.2) is 4.68 Å². The Kier molecular flexibility index (Phi) is 7.74. The number of anilines is 2. The molecule has 39 heavy (non-hydrogen) atoms. The van der Waals surface area contributed by atoms with Crippen molar-refractivity contribution in [2.24, 2.45) is 0 Å². The summed E-state index contributed by atoms with van der Waals surface area (Å²) in [6.07, 6.45) is 0.0714. The highest BCUT2D eigenvalue weighted by molar-refractivity contribution is 7.98. The molecule has 0 saturated heterocycles. The molecule has 2 N–H and O–H groups in total. The van der Waals surface area contributed by atoms with E-state index in [1.807, 2.05) is 93.9 Å². The van der Waals surface area contributed by atoms with Crippen LogP contribution < -0.4 is 15.4 Å². The second-order valence-corrected chi connectivity index (χ2v) is 11.0. The number of allylic oxidation sites excluding steroid dienone is 1. The number of fused-ring (bicyclic) bond motifs is 1. The third kappa shape index (κ3) is 6.01. The molecule has 8 heteroatoms. The summed E-state index contributed by atoms with van der Waals surface area (Å²) in [5, 5.41) is 12.0.